The fourth-order valence-corrected chi connectivity index (χ4v) is 3.63. The molecule has 1 heterocycles. The lowest BCUT2D eigenvalue weighted by Gasteiger charge is -2.23. The van der Waals surface area contributed by atoms with Crippen LogP contribution in [0.4, 0.5) is 4.79 Å². The van der Waals surface area contributed by atoms with Gasteiger partial charge in [-0.25, -0.2) is 4.79 Å². The maximum atomic E-state index is 12.3. The number of hydrogen-bond acceptors (Lipinski definition) is 3. The summed E-state index contributed by atoms with van der Waals surface area (Å²) >= 11 is 0. The minimum absolute atomic E-state index is 0.0119. The highest BCUT2D eigenvalue weighted by Crippen LogP contribution is 2.34. The molecule has 1 aliphatic heterocycles. The molecule has 24 heavy (non-hydrogen) atoms. The smallest absolute Gasteiger partial charge is 0.315 e. The Labute approximate surface area is 144 Å². The van der Waals surface area contributed by atoms with E-state index in [2.05, 4.69) is 34.9 Å². The number of carbonyl (C=O) groups excluding carboxylic acids is 1. The largest absolute Gasteiger partial charge is 0.379 e. The number of rotatable bonds is 6. The van der Waals surface area contributed by atoms with E-state index >= 15 is 0 Å². The first-order chi connectivity index (χ1) is 11.7. The minimum atomic E-state index is -0.0957. The van der Waals surface area contributed by atoms with Gasteiger partial charge in [-0.3, -0.25) is 0 Å². The first kappa shape index (κ1) is 17.2. The van der Waals surface area contributed by atoms with E-state index in [0.717, 1.165) is 32.3 Å². The summed E-state index contributed by atoms with van der Waals surface area (Å²) in [5, 5.41) is 6.14. The second kappa shape index (κ2) is 8.49. The van der Waals surface area contributed by atoms with Gasteiger partial charge in [-0.1, -0.05) is 36.8 Å². The molecule has 1 aliphatic carbocycles. The molecular formula is C19H28N2O3. The Morgan fingerprint density at radius 1 is 1.29 bits per heavy atom. The fourth-order valence-electron chi connectivity index (χ4n) is 3.63. The minimum Gasteiger partial charge on any atom is -0.379 e. The normalized spacial score (nSPS) is 27.8. The zero-order valence-electron chi connectivity index (χ0n) is 14.4. The number of hydrogen-bond donors (Lipinski definition) is 2. The van der Waals surface area contributed by atoms with E-state index in [9.17, 15) is 4.79 Å². The maximum Gasteiger partial charge on any atom is 0.315 e. The van der Waals surface area contributed by atoms with E-state index in [1.165, 1.54) is 5.56 Å². The molecule has 132 valence electrons. The molecule has 0 radical (unpaired) electrons. The highest BCUT2D eigenvalue weighted by molar-refractivity contribution is 5.74. The Hall–Kier alpha value is -1.59. The summed E-state index contributed by atoms with van der Waals surface area (Å²) in [7, 11) is 0. The van der Waals surface area contributed by atoms with Gasteiger partial charge in [0, 0.05) is 18.6 Å². The van der Waals surface area contributed by atoms with Crippen LogP contribution in [0.1, 0.15) is 44.1 Å². The third-order valence-electron chi connectivity index (χ3n) is 4.91. The van der Waals surface area contributed by atoms with Gasteiger partial charge in [-0.2, -0.15) is 0 Å². The monoisotopic (exact) mass is 332 g/mol. The van der Waals surface area contributed by atoms with Crippen LogP contribution in [-0.4, -0.2) is 44.0 Å². The summed E-state index contributed by atoms with van der Waals surface area (Å²) < 4.78 is 11.0. The van der Waals surface area contributed by atoms with Crippen molar-refractivity contribution in [3.63, 3.8) is 0 Å². The van der Waals surface area contributed by atoms with Crippen molar-refractivity contribution in [2.45, 2.75) is 56.7 Å². The van der Waals surface area contributed by atoms with Crippen molar-refractivity contribution < 1.29 is 14.3 Å². The van der Waals surface area contributed by atoms with Gasteiger partial charge < -0.3 is 20.1 Å². The molecule has 5 nitrogen and oxygen atoms in total. The van der Waals surface area contributed by atoms with Crippen molar-refractivity contribution >= 4 is 6.03 Å². The van der Waals surface area contributed by atoms with Crippen LogP contribution in [0.25, 0.3) is 0 Å². The zero-order chi connectivity index (χ0) is 16.8. The van der Waals surface area contributed by atoms with E-state index in [1.54, 1.807) is 0 Å². The summed E-state index contributed by atoms with van der Waals surface area (Å²) in [4.78, 5) is 12.3. The topological polar surface area (TPSA) is 59.6 Å². The highest BCUT2D eigenvalue weighted by atomic mass is 16.5. The number of benzene rings is 1. The molecule has 2 unspecified atom stereocenters. The summed E-state index contributed by atoms with van der Waals surface area (Å²) in [5.41, 5.74) is 1.32. The van der Waals surface area contributed by atoms with Gasteiger partial charge in [0.1, 0.15) is 0 Å². The molecular weight excluding hydrogens is 304 g/mol. The Bertz CT molecular complexity index is 517. The number of nitrogens with one attached hydrogen (secondary N) is 2. The second-order valence-electron chi connectivity index (χ2n) is 6.89. The molecule has 5 heteroatoms. The van der Waals surface area contributed by atoms with Gasteiger partial charge in [-0.05, 0) is 31.7 Å². The number of ether oxygens (including phenoxy) is 2. The molecule has 2 N–H and O–H groups in total. The number of carbonyl (C=O) groups is 1. The summed E-state index contributed by atoms with van der Waals surface area (Å²) in [5.74, 6) is 0.416. The molecule has 0 spiro atoms. The van der Waals surface area contributed by atoms with Gasteiger partial charge in [0.15, 0.2) is 0 Å². The lowest BCUT2D eigenvalue weighted by Crippen LogP contribution is -2.47. The van der Waals surface area contributed by atoms with Crippen LogP contribution < -0.4 is 10.6 Å². The van der Waals surface area contributed by atoms with Gasteiger partial charge in [0.2, 0.25) is 0 Å². The van der Waals surface area contributed by atoms with Crippen LogP contribution in [0, 0.1) is 0 Å². The first-order valence-corrected chi connectivity index (χ1v) is 9.03. The highest BCUT2D eigenvalue weighted by Gasteiger charge is 2.30. The number of amides is 2. The van der Waals surface area contributed by atoms with E-state index in [4.69, 9.17) is 9.47 Å². The van der Waals surface area contributed by atoms with Gasteiger partial charge in [0.05, 0.1) is 25.4 Å². The van der Waals surface area contributed by atoms with Crippen LogP contribution in [0.2, 0.25) is 0 Å². The predicted octanol–water partition coefficient (Wildman–Crippen LogP) is 2.82. The van der Waals surface area contributed by atoms with Crippen LogP contribution in [-0.2, 0) is 9.47 Å². The summed E-state index contributed by atoms with van der Waals surface area (Å²) in [6.07, 6.45) is 4.45. The molecule has 3 rings (SSSR count). The molecule has 1 aromatic rings. The molecule has 2 fully saturated rings. The van der Waals surface area contributed by atoms with Crippen molar-refractivity contribution in [2.24, 2.45) is 0 Å². The van der Waals surface area contributed by atoms with E-state index < -0.39 is 0 Å². The molecule has 1 aromatic carbocycles. The molecule has 2 amide bonds. The molecule has 2 aliphatic rings. The SMILES string of the molecule is CC(COC1CCOC1)NC(=O)N[C@@H]1CCC[C@H]1c1ccccc1. The molecule has 1 saturated carbocycles. The van der Waals surface area contributed by atoms with Crippen LogP contribution >= 0.6 is 0 Å². The van der Waals surface area contributed by atoms with E-state index in [-0.39, 0.29) is 24.2 Å². The van der Waals surface area contributed by atoms with E-state index in [0.29, 0.717) is 19.1 Å². The van der Waals surface area contributed by atoms with Gasteiger partial charge in [0.25, 0.3) is 0 Å². The average Bonchev–Trinajstić information content (AvgIpc) is 3.25. The second-order valence-corrected chi connectivity index (χ2v) is 6.89. The van der Waals surface area contributed by atoms with Gasteiger partial charge in [-0.15, -0.1) is 0 Å². The Morgan fingerprint density at radius 2 is 2.12 bits per heavy atom. The predicted molar refractivity (Wildman–Crippen MR) is 93.1 cm³/mol. The van der Waals surface area contributed by atoms with Crippen LogP contribution in [0.5, 0.6) is 0 Å². The van der Waals surface area contributed by atoms with Crippen LogP contribution in [0.3, 0.4) is 0 Å². The third kappa shape index (κ3) is 4.71. The van der Waals surface area contributed by atoms with Crippen molar-refractivity contribution in [1.29, 1.82) is 0 Å². The fraction of sp³-hybridized carbons (Fsp3) is 0.632. The zero-order valence-corrected chi connectivity index (χ0v) is 14.4. The van der Waals surface area contributed by atoms with Crippen molar-refractivity contribution in [1.82, 2.24) is 10.6 Å². The Balaban J connectivity index is 1.43. The maximum absolute atomic E-state index is 12.3. The third-order valence-corrected chi connectivity index (χ3v) is 4.91. The van der Waals surface area contributed by atoms with Gasteiger partial charge >= 0.3 is 6.03 Å². The molecule has 0 aromatic heterocycles. The molecule has 1 saturated heterocycles. The lowest BCUT2D eigenvalue weighted by molar-refractivity contribution is 0.0337. The summed E-state index contributed by atoms with van der Waals surface area (Å²) in [6, 6.07) is 10.6. The lowest BCUT2D eigenvalue weighted by atomic mass is 9.94. The van der Waals surface area contributed by atoms with Crippen molar-refractivity contribution in [2.75, 3.05) is 19.8 Å². The average molecular weight is 332 g/mol. The van der Waals surface area contributed by atoms with Crippen molar-refractivity contribution in [3.8, 4) is 0 Å². The molecule has 4 atom stereocenters. The first-order valence-electron chi connectivity index (χ1n) is 9.03. The van der Waals surface area contributed by atoms with Crippen LogP contribution in [0.15, 0.2) is 30.3 Å². The number of urea groups is 1. The summed E-state index contributed by atoms with van der Waals surface area (Å²) in [6.45, 7) is 3.93. The quantitative estimate of drug-likeness (QED) is 0.842. The van der Waals surface area contributed by atoms with E-state index in [1.807, 2.05) is 13.0 Å². The Morgan fingerprint density at radius 3 is 2.88 bits per heavy atom. The van der Waals surface area contributed by atoms with Crippen molar-refractivity contribution in [3.05, 3.63) is 35.9 Å². The standard InChI is InChI=1S/C19H28N2O3/c1-14(12-24-16-10-11-23-13-16)20-19(22)21-18-9-5-8-17(18)15-6-3-2-4-7-15/h2-4,6-7,14,16-18H,5,8-13H2,1H3,(H2,20,21,22)/t14?,16?,17-,18+/m0/s1. The Kier molecular flexibility index (Phi) is 6.10. The molecule has 0 bridgehead atoms.